The zero-order valence-electron chi connectivity index (χ0n) is 12.5. The van der Waals surface area contributed by atoms with Gasteiger partial charge in [-0.05, 0) is 48.9 Å². The first kappa shape index (κ1) is 17.0. The zero-order chi connectivity index (χ0) is 14.6. The molecule has 0 aliphatic heterocycles. The highest BCUT2D eigenvalue weighted by molar-refractivity contribution is 9.10. The molecule has 1 aromatic rings. The molecule has 0 aliphatic rings. The van der Waals surface area contributed by atoms with Crippen LogP contribution >= 0.6 is 27.5 Å². The summed E-state index contributed by atoms with van der Waals surface area (Å²) in [5.41, 5.74) is 1.16. The maximum Gasteiger partial charge on any atom is 0.0464 e. The molecular formula is C16H25BrClN. The first-order valence-electron chi connectivity index (χ1n) is 7.01. The van der Waals surface area contributed by atoms with Gasteiger partial charge < -0.3 is 5.32 Å². The maximum atomic E-state index is 6.29. The first-order chi connectivity index (χ1) is 8.82. The van der Waals surface area contributed by atoms with Crippen LogP contribution in [0.5, 0.6) is 0 Å². The van der Waals surface area contributed by atoms with Gasteiger partial charge in [0.15, 0.2) is 0 Å². The lowest BCUT2D eigenvalue weighted by molar-refractivity contribution is 0.268. The molecule has 0 saturated carbocycles. The second-order valence-corrected chi connectivity index (χ2v) is 7.27. The van der Waals surface area contributed by atoms with E-state index in [-0.39, 0.29) is 6.04 Å². The van der Waals surface area contributed by atoms with Crippen LogP contribution in [0.2, 0.25) is 5.02 Å². The van der Waals surface area contributed by atoms with Gasteiger partial charge in [-0.1, -0.05) is 61.3 Å². The summed E-state index contributed by atoms with van der Waals surface area (Å²) in [6.45, 7) is 12.4. The molecule has 0 aliphatic carbocycles. The van der Waals surface area contributed by atoms with Crippen molar-refractivity contribution in [1.82, 2.24) is 5.32 Å². The van der Waals surface area contributed by atoms with Gasteiger partial charge in [0.2, 0.25) is 0 Å². The van der Waals surface area contributed by atoms with Crippen LogP contribution in [-0.4, -0.2) is 6.54 Å². The van der Waals surface area contributed by atoms with Crippen molar-refractivity contribution >= 4 is 27.5 Å². The third kappa shape index (κ3) is 5.09. The van der Waals surface area contributed by atoms with Crippen LogP contribution in [0.1, 0.15) is 46.2 Å². The SMILES string of the molecule is CC(NCC(C(C)C)C(C)C)c1ccc(Br)cc1Cl. The van der Waals surface area contributed by atoms with Crippen LogP contribution in [0, 0.1) is 17.8 Å². The minimum Gasteiger partial charge on any atom is -0.310 e. The fourth-order valence-electron chi connectivity index (χ4n) is 2.52. The number of halogens is 2. The fraction of sp³-hybridized carbons (Fsp3) is 0.625. The van der Waals surface area contributed by atoms with Gasteiger partial charge in [0.25, 0.3) is 0 Å². The van der Waals surface area contributed by atoms with E-state index in [0.29, 0.717) is 17.8 Å². The molecule has 1 rings (SSSR count). The van der Waals surface area contributed by atoms with Crippen LogP contribution < -0.4 is 5.32 Å². The van der Waals surface area contributed by atoms with Gasteiger partial charge in [-0.25, -0.2) is 0 Å². The average molecular weight is 347 g/mol. The number of nitrogens with one attached hydrogen (secondary N) is 1. The molecule has 19 heavy (non-hydrogen) atoms. The molecule has 1 atom stereocenters. The van der Waals surface area contributed by atoms with Crippen molar-refractivity contribution in [3.8, 4) is 0 Å². The molecule has 0 saturated heterocycles. The van der Waals surface area contributed by atoms with E-state index in [1.165, 1.54) is 0 Å². The Hall–Kier alpha value is -0.0500. The lowest BCUT2D eigenvalue weighted by Gasteiger charge is -2.27. The predicted octanol–water partition coefficient (Wildman–Crippen LogP) is 5.68. The van der Waals surface area contributed by atoms with Crippen LogP contribution in [-0.2, 0) is 0 Å². The molecule has 0 aromatic heterocycles. The Morgan fingerprint density at radius 3 is 2.16 bits per heavy atom. The summed E-state index contributed by atoms with van der Waals surface area (Å²) in [6, 6.07) is 6.36. The van der Waals surface area contributed by atoms with E-state index in [4.69, 9.17) is 11.6 Å². The molecule has 0 fully saturated rings. The monoisotopic (exact) mass is 345 g/mol. The van der Waals surface area contributed by atoms with E-state index in [0.717, 1.165) is 21.6 Å². The summed E-state index contributed by atoms with van der Waals surface area (Å²) in [6.07, 6.45) is 0. The number of benzene rings is 1. The minimum atomic E-state index is 0.278. The molecule has 108 valence electrons. The predicted molar refractivity (Wildman–Crippen MR) is 88.7 cm³/mol. The molecule has 1 N–H and O–H groups in total. The van der Waals surface area contributed by atoms with E-state index < -0.39 is 0 Å². The quantitative estimate of drug-likeness (QED) is 0.698. The third-order valence-corrected chi connectivity index (χ3v) is 4.62. The summed E-state index contributed by atoms with van der Waals surface area (Å²) >= 11 is 9.74. The smallest absolute Gasteiger partial charge is 0.0464 e. The highest BCUT2D eigenvalue weighted by Gasteiger charge is 2.19. The van der Waals surface area contributed by atoms with E-state index in [9.17, 15) is 0 Å². The average Bonchev–Trinajstić information content (AvgIpc) is 2.27. The highest BCUT2D eigenvalue weighted by atomic mass is 79.9. The standard InChI is InChI=1S/C16H25BrClN/c1-10(2)15(11(3)4)9-19-12(5)14-7-6-13(17)8-16(14)18/h6-8,10-12,15,19H,9H2,1-5H3. The fourth-order valence-corrected chi connectivity index (χ4v) is 3.35. The summed E-state index contributed by atoms with van der Waals surface area (Å²) in [5.74, 6) is 2.08. The highest BCUT2D eigenvalue weighted by Crippen LogP contribution is 2.27. The summed E-state index contributed by atoms with van der Waals surface area (Å²) in [4.78, 5) is 0. The summed E-state index contributed by atoms with van der Waals surface area (Å²) < 4.78 is 1.02. The summed E-state index contributed by atoms with van der Waals surface area (Å²) in [5, 5.41) is 4.44. The normalized spacial score (nSPS) is 13.6. The molecular weight excluding hydrogens is 322 g/mol. The Morgan fingerprint density at radius 1 is 1.11 bits per heavy atom. The summed E-state index contributed by atoms with van der Waals surface area (Å²) in [7, 11) is 0. The molecule has 3 heteroatoms. The second-order valence-electron chi connectivity index (χ2n) is 5.95. The molecule has 0 radical (unpaired) electrons. The van der Waals surface area contributed by atoms with Gasteiger partial charge >= 0.3 is 0 Å². The Labute approximate surface area is 131 Å². The van der Waals surface area contributed by atoms with E-state index >= 15 is 0 Å². The number of hydrogen-bond donors (Lipinski definition) is 1. The Balaban J connectivity index is 2.66. The van der Waals surface area contributed by atoms with Crippen molar-refractivity contribution in [3.63, 3.8) is 0 Å². The van der Waals surface area contributed by atoms with Crippen molar-refractivity contribution in [1.29, 1.82) is 0 Å². The van der Waals surface area contributed by atoms with Crippen molar-refractivity contribution in [2.24, 2.45) is 17.8 Å². The van der Waals surface area contributed by atoms with Crippen molar-refractivity contribution < 1.29 is 0 Å². The van der Waals surface area contributed by atoms with E-state index in [2.05, 4.69) is 61.9 Å². The van der Waals surface area contributed by atoms with Crippen LogP contribution in [0.15, 0.2) is 22.7 Å². The van der Waals surface area contributed by atoms with Crippen molar-refractivity contribution in [2.45, 2.75) is 40.7 Å². The molecule has 1 nitrogen and oxygen atoms in total. The third-order valence-electron chi connectivity index (χ3n) is 3.80. The molecule has 0 amide bonds. The van der Waals surface area contributed by atoms with Crippen LogP contribution in [0.3, 0.4) is 0 Å². The molecule has 1 unspecified atom stereocenters. The Kier molecular flexibility index (Phi) is 6.85. The topological polar surface area (TPSA) is 12.0 Å². The number of hydrogen-bond acceptors (Lipinski definition) is 1. The van der Waals surface area contributed by atoms with Gasteiger partial charge in [0.05, 0.1) is 0 Å². The zero-order valence-corrected chi connectivity index (χ0v) is 14.8. The van der Waals surface area contributed by atoms with Gasteiger partial charge in [0.1, 0.15) is 0 Å². The van der Waals surface area contributed by atoms with Gasteiger partial charge in [-0.3, -0.25) is 0 Å². The molecule has 0 spiro atoms. The van der Waals surface area contributed by atoms with E-state index in [1.807, 2.05) is 12.1 Å². The van der Waals surface area contributed by atoms with Crippen molar-refractivity contribution in [3.05, 3.63) is 33.3 Å². The van der Waals surface area contributed by atoms with Gasteiger partial charge in [-0.15, -0.1) is 0 Å². The Bertz CT molecular complexity index is 396. The maximum absolute atomic E-state index is 6.29. The largest absolute Gasteiger partial charge is 0.310 e. The minimum absolute atomic E-state index is 0.278. The first-order valence-corrected chi connectivity index (χ1v) is 8.18. The van der Waals surface area contributed by atoms with Crippen LogP contribution in [0.25, 0.3) is 0 Å². The lowest BCUT2D eigenvalue weighted by atomic mass is 9.85. The second kappa shape index (κ2) is 7.66. The Morgan fingerprint density at radius 2 is 1.68 bits per heavy atom. The van der Waals surface area contributed by atoms with Crippen LogP contribution in [0.4, 0.5) is 0 Å². The van der Waals surface area contributed by atoms with Gasteiger partial charge in [0, 0.05) is 15.5 Å². The van der Waals surface area contributed by atoms with Crippen molar-refractivity contribution in [2.75, 3.05) is 6.54 Å². The molecule has 0 bridgehead atoms. The van der Waals surface area contributed by atoms with E-state index in [1.54, 1.807) is 0 Å². The number of rotatable bonds is 6. The van der Waals surface area contributed by atoms with Gasteiger partial charge in [-0.2, -0.15) is 0 Å². The lowest BCUT2D eigenvalue weighted by Crippen LogP contribution is -2.31. The molecule has 1 aromatic carbocycles. The molecule has 0 heterocycles.